The maximum atomic E-state index is 10.3. The van der Waals surface area contributed by atoms with E-state index in [9.17, 15) is 20.4 Å². The van der Waals surface area contributed by atoms with Crippen molar-refractivity contribution >= 4 is 16.7 Å². The van der Waals surface area contributed by atoms with Gasteiger partial charge in [0.15, 0.2) is 5.72 Å². The average Bonchev–Trinajstić information content (AvgIpc) is 3.03. The molecule has 1 fully saturated rings. The predicted molar refractivity (Wildman–Crippen MR) is 73.2 cm³/mol. The quantitative estimate of drug-likeness (QED) is 0.429. The van der Waals surface area contributed by atoms with Gasteiger partial charge in [0, 0.05) is 0 Å². The van der Waals surface area contributed by atoms with Gasteiger partial charge in [-0.25, -0.2) is 4.98 Å². The second-order valence-electron chi connectivity index (χ2n) is 5.11. The fourth-order valence-electron chi connectivity index (χ4n) is 2.79. The largest absolute Gasteiger partial charge is 0.397 e. The van der Waals surface area contributed by atoms with Crippen molar-refractivity contribution in [3.05, 3.63) is 24.5 Å². The van der Waals surface area contributed by atoms with E-state index in [1.54, 1.807) is 18.2 Å². The zero-order valence-electron chi connectivity index (χ0n) is 11.1. The number of para-hydroxylation sites is 1. The third-order valence-electron chi connectivity index (χ3n) is 3.94. The van der Waals surface area contributed by atoms with E-state index < -0.39 is 37.3 Å². The highest BCUT2D eigenvalue weighted by molar-refractivity contribution is 5.87. The summed E-state index contributed by atoms with van der Waals surface area (Å²) in [7, 11) is 0. The summed E-state index contributed by atoms with van der Waals surface area (Å²) in [6, 6.07) is 5.11. The van der Waals surface area contributed by atoms with E-state index in [-0.39, 0.29) is 0 Å². The van der Waals surface area contributed by atoms with Crippen molar-refractivity contribution in [3.8, 4) is 0 Å². The highest BCUT2D eigenvalue weighted by atomic mass is 16.6. The summed E-state index contributed by atoms with van der Waals surface area (Å²) in [5, 5.41) is 39.2. The van der Waals surface area contributed by atoms with Crippen LogP contribution in [0.2, 0.25) is 0 Å². The summed E-state index contributed by atoms with van der Waals surface area (Å²) in [5.41, 5.74) is 5.72. The number of nitrogen functional groups attached to an aromatic ring is 1. The Morgan fingerprint density at radius 2 is 2.10 bits per heavy atom. The summed E-state index contributed by atoms with van der Waals surface area (Å²) in [6.45, 7) is -1.07. The van der Waals surface area contributed by atoms with Crippen LogP contribution in [-0.2, 0) is 10.5 Å². The first-order chi connectivity index (χ1) is 10.0. The number of aromatic nitrogens is 2. The molecule has 8 heteroatoms. The number of benzene rings is 1. The Bertz CT molecular complexity index is 660. The first-order valence-electron chi connectivity index (χ1n) is 6.53. The minimum Gasteiger partial charge on any atom is -0.397 e. The van der Waals surface area contributed by atoms with Gasteiger partial charge in [0.1, 0.15) is 23.8 Å². The van der Waals surface area contributed by atoms with Crippen molar-refractivity contribution in [2.24, 2.45) is 0 Å². The molecule has 2 aromatic rings. The lowest BCUT2D eigenvalue weighted by Gasteiger charge is -2.32. The van der Waals surface area contributed by atoms with Crippen LogP contribution in [0, 0.1) is 0 Å². The molecule has 21 heavy (non-hydrogen) atoms. The maximum absolute atomic E-state index is 10.3. The molecule has 4 atom stereocenters. The molecule has 0 unspecified atom stereocenters. The summed E-state index contributed by atoms with van der Waals surface area (Å²) in [6.07, 6.45) is -2.35. The lowest BCUT2D eigenvalue weighted by atomic mass is 10.0. The molecule has 2 heterocycles. The zero-order chi connectivity index (χ0) is 15.2. The van der Waals surface area contributed by atoms with Crippen molar-refractivity contribution in [2.75, 3.05) is 18.9 Å². The molecule has 1 saturated heterocycles. The van der Waals surface area contributed by atoms with Crippen LogP contribution in [0.15, 0.2) is 24.5 Å². The van der Waals surface area contributed by atoms with Crippen molar-refractivity contribution in [2.45, 2.75) is 24.0 Å². The van der Waals surface area contributed by atoms with Crippen LogP contribution in [0.5, 0.6) is 0 Å². The van der Waals surface area contributed by atoms with Gasteiger partial charge < -0.3 is 30.9 Å². The molecule has 1 aliphatic heterocycles. The molecule has 0 spiro atoms. The third-order valence-corrected chi connectivity index (χ3v) is 3.94. The molecule has 1 aromatic carbocycles. The van der Waals surface area contributed by atoms with Crippen LogP contribution >= 0.6 is 0 Å². The fraction of sp³-hybridized carbons (Fsp3) is 0.462. The van der Waals surface area contributed by atoms with Crippen LogP contribution in [0.3, 0.4) is 0 Å². The van der Waals surface area contributed by atoms with Gasteiger partial charge >= 0.3 is 0 Å². The molecule has 0 aliphatic carbocycles. The lowest BCUT2D eigenvalue weighted by molar-refractivity contribution is -0.169. The molecule has 114 valence electrons. The molecule has 1 aliphatic rings. The molecule has 0 bridgehead atoms. The number of hydrogen-bond acceptors (Lipinski definition) is 7. The van der Waals surface area contributed by atoms with Gasteiger partial charge in [0.2, 0.25) is 0 Å². The Kier molecular flexibility index (Phi) is 3.34. The van der Waals surface area contributed by atoms with Crippen molar-refractivity contribution in [1.29, 1.82) is 0 Å². The van der Waals surface area contributed by atoms with E-state index in [1.807, 2.05) is 0 Å². The summed E-state index contributed by atoms with van der Waals surface area (Å²) >= 11 is 0. The molecule has 0 amide bonds. The van der Waals surface area contributed by atoms with Crippen LogP contribution in [-0.4, -0.2) is 61.5 Å². The first kappa shape index (κ1) is 14.2. The monoisotopic (exact) mass is 295 g/mol. The van der Waals surface area contributed by atoms with Gasteiger partial charge in [0.05, 0.1) is 30.7 Å². The predicted octanol–water partition coefficient (Wildman–Crippen LogP) is -1.62. The number of fused-ring (bicyclic) bond motifs is 1. The number of hydrogen-bond donors (Lipinski definition) is 5. The van der Waals surface area contributed by atoms with Crippen LogP contribution in [0.1, 0.15) is 0 Å². The Morgan fingerprint density at radius 3 is 2.71 bits per heavy atom. The zero-order valence-corrected chi connectivity index (χ0v) is 11.1. The maximum Gasteiger partial charge on any atom is 0.198 e. The number of aliphatic hydroxyl groups is 4. The van der Waals surface area contributed by atoms with E-state index in [4.69, 9.17) is 10.5 Å². The van der Waals surface area contributed by atoms with Crippen LogP contribution in [0.25, 0.3) is 11.0 Å². The third kappa shape index (κ3) is 1.84. The van der Waals surface area contributed by atoms with E-state index in [2.05, 4.69) is 4.98 Å². The minimum absolute atomic E-state index is 0.450. The SMILES string of the molecule is Nc1cccc2c1ncn2[C@]1(CO)O[C@H](CO)[C@@H](O)[C@H]1O. The molecule has 1 aromatic heterocycles. The van der Waals surface area contributed by atoms with Crippen molar-refractivity contribution in [3.63, 3.8) is 0 Å². The number of anilines is 1. The van der Waals surface area contributed by atoms with Gasteiger partial charge in [-0.2, -0.15) is 0 Å². The Hall–Kier alpha value is -1.71. The number of nitrogens with two attached hydrogens (primary N) is 1. The number of imidazole rings is 1. The number of nitrogens with zero attached hydrogens (tertiary/aromatic N) is 2. The summed E-state index contributed by atoms with van der Waals surface area (Å²) < 4.78 is 6.98. The minimum atomic E-state index is -1.62. The van der Waals surface area contributed by atoms with Gasteiger partial charge in [-0.05, 0) is 12.1 Å². The topological polar surface area (TPSA) is 134 Å². The number of ether oxygens (including phenoxy) is 1. The molecule has 0 saturated carbocycles. The highest BCUT2D eigenvalue weighted by Gasteiger charge is 2.55. The van der Waals surface area contributed by atoms with Gasteiger partial charge in [0.25, 0.3) is 0 Å². The van der Waals surface area contributed by atoms with Crippen molar-refractivity contribution in [1.82, 2.24) is 9.55 Å². The Labute approximate surface area is 120 Å². The molecule has 8 nitrogen and oxygen atoms in total. The Balaban J connectivity index is 2.17. The molecule has 0 radical (unpaired) electrons. The summed E-state index contributed by atoms with van der Waals surface area (Å²) in [5.74, 6) is 0. The normalized spacial score (nSPS) is 32.9. The molecule has 6 N–H and O–H groups in total. The molecular formula is C13H17N3O5. The Morgan fingerprint density at radius 1 is 1.33 bits per heavy atom. The fourth-order valence-corrected chi connectivity index (χ4v) is 2.79. The van der Waals surface area contributed by atoms with Gasteiger partial charge in [-0.1, -0.05) is 6.07 Å². The van der Waals surface area contributed by atoms with E-state index in [0.717, 1.165) is 0 Å². The second kappa shape index (κ2) is 4.93. The lowest BCUT2D eigenvalue weighted by Crippen LogP contribution is -2.48. The standard InChI is InChI=1S/C13H17N3O5/c14-7-2-1-3-8-10(7)15-6-16(8)13(5-18)12(20)11(19)9(4-17)21-13/h1-3,6,9,11-12,17-20H,4-5,14H2/t9-,11-,12-,13-/m1/s1. The van der Waals surface area contributed by atoms with E-state index in [1.165, 1.54) is 10.9 Å². The van der Waals surface area contributed by atoms with Crippen molar-refractivity contribution < 1.29 is 25.2 Å². The van der Waals surface area contributed by atoms with Gasteiger partial charge in [-0.3, -0.25) is 4.57 Å². The summed E-state index contributed by atoms with van der Waals surface area (Å²) in [4.78, 5) is 4.16. The smallest absolute Gasteiger partial charge is 0.198 e. The second-order valence-corrected chi connectivity index (χ2v) is 5.11. The van der Waals surface area contributed by atoms with Crippen LogP contribution in [0.4, 0.5) is 5.69 Å². The average molecular weight is 295 g/mol. The highest BCUT2D eigenvalue weighted by Crippen LogP contribution is 2.37. The number of aliphatic hydroxyl groups excluding tert-OH is 4. The first-order valence-corrected chi connectivity index (χ1v) is 6.53. The molecule has 3 rings (SSSR count). The van der Waals surface area contributed by atoms with Crippen LogP contribution < -0.4 is 5.73 Å². The molecular weight excluding hydrogens is 278 g/mol. The van der Waals surface area contributed by atoms with Gasteiger partial charge in [-0.15, -0.1) is 0 Å². The van der Waals surface area contributed by atoms with E-state index in [0.29, 0.717) is 16.7 Å². The van der Waals surface area contributed by atoms with E-state index >= 15 is 0 Å². The number of rotatable bonds is 3.